The first-order chi connectivity index (χ1) is 12.1. The summed E-state index contributed by atoms with van der Waals surface area (Å²) < 4.78 is 0. The highest BCUT2D eigenvalue weighted by atomic mass is 32.1. The molecule has 1 aromatic carbocycles. The maximum Gasteiger partial charge on any atom is 0.243 e. The van der Waals surface area contributed by atoms with E-state index in [9.17, 15) is 9.59 Å². The number of anilines is 1. The lowest BCUT2D eigenvalue weighted by Crippen LogP contribution is -2.37. The number of benzene rings is 1. The minimum atomic E-state index is -0.212. The fourth-order valence-corrected chi connectivity index (χ4v) is 3.76. The average Bonchev–Trinajstić information content (AvgIpc) is 3.07. The molecule has 0 aliphatic heterocycles. The van der Waals surface area contributed by atoms with Crippen molar-refractivity contribution < 1.29 is 9.59 Å². The Morgan fingerprint density at radius 2 is 2.04 bits per heavy atom. The standard InChI is InChI=1S/C19H23N3O2S/c1-13-21-17(12-25-13)15-8-5-9-16(10-15)22-18(23)11-20-19(24)14-6-3-2-4-7-14/h5,8-10,12,14H,2-4,6-7,11H2,1H3,(H,20,24)(H,22,23). The molecular formula is C19H23N3O2S. The lowest BCUT2D eigenvalue weighted by Gasteiger charge is -2.20. The molecule has 0 atom stereocenters. The Bertz CT molecular complexity index is 751. The van der Waals surface area contributed by atoms with Crippen molar-refractivity contribution in [3.05, 3.63) is 34.7 Å². The minimum absolute atomic E-state index is 0.00143. The first-order valence-corrected chi connectivity index (χ1v) is 9.60. The van der Waals surface area contributed by atoms with Gasteiger partial charge >= 0.3 is 0 Å². The highest BCUT2D eigenvalue weighted by Gasteiger charge is 2.21. The Morgan fingerprint density at radius 1 is 1.24 bits per heavy atom. The minimum Gasteiger partial charge on any atom is -0.347 e. The van der Waals surface area contributed by atoms with E-state index in [0.29, 0.717) is 5.69 Å². The van der Waals surface area contributed by atoms with Crippen molar-refractivity contribution >= 4 is 28.8 Å². The summed E-state index contributed by atoms with van der Waals surface area (Å²) in [5.74, 6) is -0.143. The van der Waals surface area contributed by atoms with Gasteiger partial charge in [-0.15, -0.1) is 11.3 Å². The molecule has 1 saturated carbocycles. The molecule has 6 heteroatoms. The Kier molecular flexibility index (Phi) is 5.81. The first kappa shape index (κ1) is 17.6. The fraction of sp³-hybridized carbons (Fsp3) is 0.421. The predicted octanol–water partition coefficient (Wildman–Crippen LogP) is 3.75. The van der Waals surface area contributed by atoms with Crippen molar-refractivity contribution in [2.24, 2.45) is 5.92 Å². The quantitative estimate of drug-likeness (QED) is 0.856. The summed E-state index contributed by atoms with van der Waals surface area (Å²) in [6, 6.07) is 7.59. The van der Waals surface area contributed by atoms with Crippen LogP contribution in [0.5, 0.6) is 0 Å². The molecule has 0 spiro atoms. The maximum absolute atomic E-state index is 12.1. The molecule has 0 bridgehead atoms. The summed E-state index contributed by atoms with van der Waals surface area (Å²) in [6.07, 6.45) is 5.28. The number of aryl methyl sites for hydroxylation is 1. The van der Waals surface area contributed by atoms with Crippen LogP contribution < -0.4 is 10.6 Å². The molecule has 3 rings (SSSR count). The molecule has 2 N–H and O–H groups in total. The van der Waals surface area contributed by atoms with Crippen molar-refractivity contribution in [2.45, 2.75) is 39.0 Å². The second kappa shape index (κ2) is 8.25. The van der Waals surface area contributed by atoms with Gasteiger partial charge in [0.25, 0.3) is 0 Å². The molecule has 5 nitrogen and oxygen atoms in total. The molecule has 0 unspecified atom stereocenters. The van der Waals surface area contributed by atoms with Gasteiger partial charge in [-0.3, -0.25) is 9.59 Å². The van der Waals surface area contributed by atoms with Gasteiger partial charge in [0.05, 0.1) is 17.2 Å². The molecule has 1 aliphatic carbocycles. The van der Waals surface area contributed by atoms with E-state index in [1.165, 1.54) is 6.42 Å². The molecule has 1 heterocycles. The number of hydrogen-bond acceptors (Lipinski definition) is 4. The molecule has 0 saturated heterocycles. The normalized spacial score (nSPS) is 14.9. The van der Waals surface area contributed by atoms with E-state index in [1.807, 2.05) is 36.6 Å². The number of nitrogens with zero attached hydrogens (tertiary/aromatic N) is 1. The molecule has 132 valence electrons. The molecular weight excluding hydrogens is 334 g/mol. The number of amides is 2. The Labute approximate surface area is 151 Å². The van der Waals surface area contributed by atoms with Crippen molar-refractivity contribution in [2.75, 3.05) is 11.9 Å². The molecule has 1 aromatic heterocycles. The highest BCUT2D eigenvalue weighted by Crippen LogP contribution is 2.25. The number of carbonyl (C=O) groups excluding carboxylic acids is 2. The lowest BCUT2D eigenvalue weighted by molar-refractivity contribution is -0.128. The average molecular weight is 357 g/mol. The van der Waals surface area contributed by atoms with Crippen LogP contribution in [0.2, 0.25) is 0 Å². The van der Waals surface area contributed by atoms with Gasteiger partial charge in [0, 0.05) is 22.5 Å². The van der Waals surface area contributed by atoms with E-state index in [1.54, 1.807) is 11.3 Å². The Morgan fingerprint density at radius 3 is 2.76 bits per heavy atom. The number of hydrogen-bond donors (Lipinski definition) is 2. The Hall–Kier alpha value is -2.21. The third-order valence-corrected chi connectivity index (χ3v) is 5.23. The fourth-order valence-electron chi connectivity index (χ4n) is 3.13. The van der Waals surface area contributed by atoms with Crippen LogP contribution in [0.4, 0.5) is 5.69 Å². The second-order valence-electron chi connectivity index (χ2n) is 6.43. The number of aromatic nitrogens is 1. The zero-order valence-corrected chi connectivity index (χ0v) is 15.2. The van der Waals surface area contributed by atoms with Gasteiger partial charge in [-0.25, -0.2) is 4.98 Å². The predicted molar refractivity (Wildman–Crippen MR) is 101 cm³/mol. The largest absolute Gasteiger partial charge is 0.347 e. The summed E-state index contributed by atoms with van der Waals surface area (Å²) in [4.78, 5) is 28.7. The van der Waals surface area contributed by atoms with E-state index in [-0.39, 0.29) is 24.3 Å². The maximum atomic E-state index is 12.1. The lowest BCUT2D eigenvalue weighted by atomic mass is 9.89. The van der Waals surface area contributed by atoms with Crippen molar-refractivity contribution in [1.82, 2.24) is 10.3 Å². The topological polar surface area (TPSA) is 71.1 Å². The van der Waals surface area contributed by atoms with E-state index < -0.39 is 0 Å². The van der Waals surface area contributed by atoms with E-state index >= 15 is 0 Å². The van der Waals surface area contributed by atoms with Crippen LogP contribution in [0.1, 0.15) is 37.1 Å². The van der Waals surface area contributed by atoms with Crippen LogP contribution in [-0.2, 0) is 9.59 Å². The van der Waals surface area contributed by atoms with Gasteiger partial charge in [-0.05, 0) is 31.9 Å². The molecule has 1 fully saturated rings. The third-order valence-electron chi connectivity index (χ3n) is 4.46. The van der Waals surface area contributed by atoms with Crippen molar-refractivity contribution in [3.8, 4) is 11.3 Å². The Balaban J connectivity index is 1.53. The third kappa shape index (κ3) is 4.89. The SMILES string of the molecule is Cc1nc(-c2cccc(NC(=O)CNC(=O)C3CCCCC3)c2)cs1. The summed E-state index contributed by atoms with van der Waals surface area (Å²) >= 11 is 1.60. The van der Waals surface area contributed by atoms with E-state index in [2.05, 4.69) is 15.6 Å². The zero-order chi connectivity index (χ0) is 17.6. The summed E-state index contributed by atoms with van der Waals surface area (Å²) in [6.45, 7) is 1.98. The van der Waals surface area contributed by atoms with Crippen LogP contribution in [0, 0.1) is 12.8 Å². The summed E-state index contributed by atoms with van der Waals surface area (Å²) in [7, 11) is 0. The van der Waals surface area contributed by atoms with Gasteiger partial charge in [0.2, 0.25) is 11.8 Å². The van der Waals surface area contributed by atoms with Crippen LogP contribution in [0.15, 0.2) is 29.6 Å². The monoisotopic (exact) mass is 357 g/mol. The van der Waals surface area contributed by atoms with Crippen LogP contribution >= 0.6 is 11.3 Å². The molecule has 2 amide bonds. The molecule has 0 radical (unpaired) electrons. The molecule has 25 heavy (non-hydrogen) atoms. The van der Waals surface area contributed by atoms with Crippen molar-refractivity contribution in [1.29, 1.82) is 0 Å². The zero-order valence-electron chi connectivity index (χ0n) is 14.4. The van der Waals surface area contributed by atoms with Gasteiger partial charge in [0.1, 0.15) is 0 Å². The number of rotatable bonds is 5. The first-order valence-electron chi connectivity index (χ1n) is 8.72. The van der Waals surface area contributed by atoms with E-state index in [0.717, 1.165) is 41.9 Å². The molecule has 2 aromatic rings. The van der Waals surface area contributed by atoms with Crippen LogP contribution in [0.3, 0.4) is 0 Å². The van der Waals surface area contributed by atoms with Gasteiger partial charge < -0.3 is 10.6 Å². The summed E-state index contributed by atoms with van der Waals surface area (Å²) in [5.41, 5.74) is 2.58. The second-order valence-corrected chi connectivity index (χ2v) is 7.50. The number of nitrogens with one attached hydrogen (secondary N) is 2. The van der Waals surface area contributed by atoms with Crippen LogP contribution in [-0.4, -0.2) is 23.3 Å². The van der Waals surface area contributed by atoms with Crippen LogP contribution in [0.25, 0.3) is 11.3 Å². The van der Waals surface area contributed by atoms with E-state index in [4.69, 9.17) is 0 Å². The number of carbonyl (C=O) groups is 2. The molecule has 1 aliphatic rings. The highest BCUT2D eigenvalue weighted by molar-refractivity contribution is 7.09. The smallest absolute Gasteiger partial charge is 0.243 e. The van der Waals surface area contributed by atoms with Crippen molar-refractivity contribution in [3.63, 3.8) is 0 Å². The number of thiazole rings is 1. The van der Waals surface area contributed by atoms with Gasteiger partial charge in [0.15, 0.2) is 0 Å². The summed E-state index contributed by atoms with van der Waals surface area (Å²) in [5, 5.41) is 8.61. The van der Waals surface area contributed by atoms with Gasteiger partial charge in [-0.2, -0.15) is 0 Å². The van der Waals surface area contributed by atoms with Gasteiger partial charge in [-0.1, -0.05) is 31.4 Å².